The molecule has 0 spiro atoms. The number of hydrogen-bond acceptors (Lipinski definition) is 4. The van der Waals surface area contributed by atoms with E-state index >= 15 is 0 Å². The van der Waals surface area contributed by atoms with Crippen LogP contribution in [0.25, 0.3) is 0 Å². The molecular formula is H12AlFeMgNaO5Si. The van der Waals surface area contributed by atoms with Crippen LogP contribution in [0.15, 0.2) is 0 Å². The van der Waals surface area contributed by atoms with E-state index < -0.39 is 9.05 Å². The van der Waals surface area contributed by atoms with Crippen molar-refractivity contribution in [1.29, 1.82) is 0 Å². The van der Waals surface area contributed by atoms with Gasteiger partial charge in [-0.05, 0) is 0 Å². The molecule has 0 aliphatic rings. The molecule has 0 unspecified atom stereocenters. The van der Waals surface area contributed by atoms with Crippen molar-refractivity contribution in [3.63, 3.8) is 0 Å². The fourth-order valence-electron chi connectivity index (χ4n) is 0. The van der Waals surface area contributed by atoms with E-state index in [1.165, 1.54) is 0 Å². The molecular weight excluding hydrogens is 238 g/mol. The zero-order chi connectivity index (χ0) is 4.50. The van der Waals surface area contributed by atoms with Crippen molar-refractivity contribution in [3.8, 4) is 0 Å². The van der Waals surface area contributed by atoms with Gasteiger partial charge in [-0.1, -0.05) is 0 Å². The molecule has 0 bridgehead atoms. The Balaban J connectivity index is -0.00000000800. The summed E-state index contributed by atoms with van der Waals surface area (Å²) in [4.78, 5) is 29.3. The molecule has 0 saturated heterocycles. The maximum absolute atomic E-state index is 7.33. The van der Waals surface area contributed by atoms with Gasteiger partial charge < -0.3 is 24.7 Å². The molecule has 0 radical (unpaired) electrons. The third-order valence-corrected chi connectivity index (χ3v) is 0. The van der Waals surface area contributed by atoms with E-state index in [2.05, 4.69) is 0 Å². The summed E-state index contributed by atoms with van der Waals surface area (Å²) in [7, 11) is -4.61. The van der Waals surface area contributed by atoms with Gasteiger partial charge in [0.1, 0.15) is 0 Å². The Morgan fingerprint density at radius 2 is 0.900 bits per heavy atom. The van der Waals surface area contributed by atoms with Crippen LogP contribution >= 0.6 is 0 Å². The summed E-state index contributed by atoms with van der Waals surface area (Å²) in [6, 6.07) is 0. The monoisotopic (exact) mass is 250 g/mol. The molecule has 0 fully saturated rings. The van der Waals surface area contributed by atoms with Crippen LogP contribution in [0.3, 0.4) is 0 Å². The standard InChI is InChI=1S/Al.Fe.Mg.Na.H4O4Si.H2O.6H/c;;;;1-5(2,3)4;;;;;;;/h;;;;1-4H;1H2;;;;;;. The van der Waals surface area contributed by atoms with Crippen LogP contribution in [0.4, 0.5) is 0 Å². The fraction of sp³-hybridized carbons (Fsp3) is 0. The molecule has 0 aliphatic heterocycles. The molecule has 0 amide bonds. The van der Waals surface area contributed by atoms with Crippen LogP contribution in [-0.2, 0) is 17.1 Å². The number of rotatable bonds is 0. The quantitative estimate of drug-likeness (QED) is 0.320. The summed E-state index contributed by atoms with van der Waals surface area (Å²) in [5, 5.41) is 0. The molecule has 0 rings (SSSR count). The molecule has 0 aromatic rings. The molecule has 60 valence electrons. The van der Waals surface area contributed by atoms with Gasteiger partial charge in [0.2, 0.25) is 0 Å². The first-order valence-corrected chi connectivity index (χ1v) is 2.68. The topological polar surface area (TPSA) is 112 Å². The molecule has 0 aromatic heterocycles. The first-order valence-electron chi connectivity index (χ1n) is 0.894. The molecule has 0 saturated carbocycles. The summed E-state index contributed by atoms with van der Waals surface area (Å²) in [6.07, 6.45) is 0. The van der Waals surface area contributed by atoms with Crippen molar-refractivity contribution in [3.05, 3.63) is 0 Å². The predicted molar refractivity (Wildman–Crippen MR) is 43.9 cm³/mol. The molecule has 0 atom stereocenters. The SMILES string of the molecule is O.O[Si](O)(O)O.[AlH3].[Fe].[MgH2].[NaH]. The van der Waals surface area contributed by atoms with Crippen LogP contribution in [0.5, 0.6) is 0 Å². The average Bonchev–Trinajstić information content (AvgIpc) is 0.722. The molecule has 10 heteroatoms. The summed E-state index contributed by atoms with van der Waals surface area (Å²) >= 11 is 0. The molecule has 6 N–H and O–H groups in total. The van der Waals surface area contributed by atoms with Crippen LogP contribution in [0.2, 0.25) is 0 Å². The molecule has 10 heavy (non-hydrogen) atoms. The van der Waals surface area contributed by atoms with E-state index in [0.717, 1.165) is 0 Å². The predicted octanol–water partition coefficient (Wildman–Crippen LogP) is -6.18. The van der Waals surface area contributed by atoms with Crippen LogP contribution in [0, 0.1) is 0 Å². The van der Waals surface area contributed by atoms with Gasteiger partial charge in [0.25, 0.3) is 0 Å². The Hall–Kier alpha value is 2.84. The van der Waals surface area contributed by atoms with Gasteiger partial charge in [-0.3, -0.25) is 0 Å². The van der Waals surface area contributed by atoms with Gasteiger partial charge in [-0.2, -0.15) is 0 Å². The first kappa shape index (κ1) is 38.5. The van der Waals surface area contributed by atoms with Crippen LogP contribution < -0.4 is 0 Å². The zero-order valence-electron chi connectivity index (χ0n) is 3.14. The van der Waals surface area contributed by atoms with Crippen molar-refractivity contribution in [2.45, 2.75) is 0 Å². The van der Waals surface area contributed by atoms with E-state index in [1.54, 1.807) is 0 Å². The average molecular weight is 250 g/mol. The van der Waals surface area contributed by atoms with Crippen LogP contribution in [-0.4, -0.2) is 104 Å². The summed E-state index contributed by atoms with van der Waals surface area (Å²) < 4.78 is 0. The van der Waals surface area contributed by atoms with Crippen molar-refractivity contribution in [2.75, 3.05) is 0 Å². The molecule has 0 aliphatic carbocycles. The van der Waals surface area contributed by atoms with E-state index in [-0.39, 0.29) is 92.5 Å². The van der Waals surface area contributed by atoms with E-state index in [0.29, 0.717) is 0 Å². The number of hydrogen-bond donors (Lipinski definition) is 4. The second-order valence-electron chi connectivity index (χ2n) is 0.600. The van der Waals surface area contributed by atoms with Crippen LogP contribution in [0.1, 0.15) is 0 Å². The first-order chi connectivity index (χ1) is 2.00. The van der Waals surface area contributed by atoms with Gasteiger partial charge in [-0.15, -0.1) is 0 Å². The minimum absolute atomic E-state index is 0. The second kappa shape index (κ2) is 17.8. The Morgan fingerprint density at radius 3 is 0.900 bits per heavy atom. The molecule has 0 heterocycles. The summed E-state index contributed by atoms with van der Waals surface area (Å²) in [6.45, 7) is 0. The van der Waals surface area contributed by atoms with Crippen molar-refractivity contribution >= 4 is 79.0 Å². The zero-order valence-corrected chi connectivity index (χ0v) is 5.25. The maximum atomic E-state index is 7.33. The van der Waals surface area contributed by atoms with Gasteiger partial charge in [0.15, 0.2) is 17.4 Å². The Morgan fingerprint density at radius 1 is 0.900 bits per heavy atom. The Kier molecular flexibility index (Phi) is 68.5. The van der Waals surface area contributed by atoms with Gasteiger partial charge in [-0.25, -0.2) is 0 Å². The third kappa shape index (κ3) is 130. The molecule has 5 nitrogen and oxygen atoms in total. The van der Waals surface area contributed by atoms with Crippen molar-refractivity contribution in [2.24, 2.45) is 0 Å². The van der Waals surface area contributed by atoms with E-state index in [4.69, 9.17) is 19.2 Å². The Bertz CT molecular complexity index is 37.1. The van der Waals surface area contributed by atoms with Gasteiger partial charge >= 0.3 is 61.7 Å². The Labute approximate surface area is 119 Å². The minimum atomic E-state index is -4.61. The van der Waals surface area contributed by atoms with E-state index in [1.807, 2.05) is 0 Å². The second-order valence-corrected chi connectivity index (χ2v) is 1.80. The van der Waals surface area contributed by atoms with Gasteiger partial charge in [0.05, 0.1) is 0 Å². The summed E-state index contributed by atoms with van der Waals surface area (Å²) in [5.41, 5.74) is 0. The fourth-order valence-corrected chi connectivity index (χ4v) is 0. The van der Waals surface area contributed by atoms with E-state index in [9.17, 15) is 0 Å². The van der Waals surface area contributed by atoms with Crippen molar-refractivity contribution in [1.82, 2.24) is 0 Å². The normalized spacial score (nSPS) is 6.00. The third-order valence-electron chi connectivity index (χ3n) is 0. The summed E-state index contributed by atoms with van der Waals surface area (Å²) in [5.74, 6) is 0. The molecule has 0 aromatic carbocycles. The van der Waals surface area contributed by atoms with Gasteiger partial charge in [0, 0.05) is 17.1 Å². The van der Waals surface area contributed by atoms with Crippen molar-refractivity contribution < 1.29 is 41.7 Å².